The predicted octanol–water partition coefficient (Wildman–Crippen LogP) is 6.02. The van der Waals surface area contributed by atoms with Gasteiger partial charge in [-0.05, 0) is 154 Å². The molecule has 0 radical (unpaired) electrons. The molecule has 4 aromatic rings. The van der Waals surface area contributed by atoms with Gasteiger partial charge in [0, 0.05) is 6.54 Å². The van der Waals surface area contributed by atoms with Gasteiger partial charge in [0.15, 0.2) is 0 Å². The molecule has 2 aliphatic rings. The third kappa shape index (κ3) is 12.1. The van der Waals surface area contributed by atoms with Gasteiger partial charge < -0.3 is 20.5 Å². The fourth-order valence-corrected chi connectivity index (χ4v) is 9.54. The van der Waals surface area contributed by atoms with E-state index in [4.69, 9.17) is 10.5 Å². The largest absolute Gasteiger partial charge is 0.465 e. The van der Waals surface area contributed by atoms with Crippen LogP contribution in [0, 0.1) is 11.6 Å². The Kier molecular flexibility index (Phi) is 16.6. The van der Waals surface area contributed by atoms with Crippen LogP contribution in [-0.4, -0.2) is 67.9 Å². The normalized spacial score (nSPS) is 15.9. The molecule has 4 aromatic carbocycles. The van der Waals surface area contributed by atoms with Crippen molar-refractivity contribution in [2.45, 2.75) is 83.8 Å². The molecule has 0 heterocycles. The van der Waals surface area contributed by atoms with E-state index in [1.165, 1.54) is 36.4 Å². The fraction of sp³-hybridized carbons (Fsp3) is 0.357. The summed E-state index contributed by atoms with van der Waals surface area (Å²) in [6, 6.07) is 20.5. The summed E-state index contributed by atoms with van der Waals surface area (Å²) in [5, 5.41) is 3.12. The minimum atomic E-state index is -3.76. The maximum Gasteiger partial charge on any atom is 0.371 e. The number of rotatable bonds is 12. The maximum atomic E-state index is 13.5. The molecule has 0 bridgehead atoms. The fourth-order valence-electron chi connectivity index (χ4n) is 6.85. The lowest BCUT2D eigenvalue weighted by molar-refractivity contribution is -0.148. The minimum Gasteiger partial charge on any atom is -0.465 e. The van der Waals surface area contributed by atoms with Gasteiger partial charge in [-0.2, -0.15) is 0 Å². The Labute approximate surface area is 332 Å². The van der Waals surface area contributed by atoms with Crippen LogP contribution in [0.15, 0.2) is 105 Å². The van der Waals surface area contributed by atoms with Crippen molar-refractivity contribution in [1.29, 1.82) is 0 Å². The van der Waals surface area contributed by atoms with Gasteiger partial charge >= 0.3 is 11.9 Å². The van der Waals surface area contributed by atoms with Crippen molar-refractivity contribution in [3.63, 3.8) is 0 Å². The number of aryl methyl sites for hydroxylation is 2. The highest BCUT2D eigenvalue weighted by Crippen LogP contribution is 2.35. The van der Waals surface area contributed by atoms with E-state index in [9.17, 15) is 40.0 Å². The van der Waals surface area contributed by atoms with Crippen LogP contribution in [0.3, 0.4) is 0 Å². The number of sulfone groups is 2. The number of aldehydes is 1. The van der Waals surface area contributed by atoms with Crippen LogP contribution in [0.4, 0.5) is 8.78 Å². The quantitative estimate of drug-likeness (QED) is 0.0971. The van der Waals surface area contributed by atoms with E-state index in [2.05, 4.69) is 10.1 Å². The zero-order chi connectivity index (χ0) is 41.6. The van der Waals surface area contributed by atoms with Gasteiger partial charge in [0.1, 0.15) is 11.6 Å². The summed E-state index contributed by atoms with van der Waals surface area (Å²) in [6.45, 7) is 5.38. The van der Waals surface area contributed by atoms with E-state index < -0.39 is 37.3 Å². The van der Waals surface area contributed by atoms with Crippen LogP contribution in [0.5, 0.6) is 0 Å². The van der Waals surface area contributed by atoms with E-state index in [0.717, 1.165) is 72.9 Å². The van der Waals surface area contributed by atoms with Crippen molar-refractivity contribution in [3.8, 4) is 0 Å². The highest BCUT2D eigenvalue weighted by Gasteiger charge is 2.26. The van der Waals surface area contributed by atoms with E-state index in [1.807, 2.05) is 12.1 Å². The molecule has 6 rings (SSSR count). The number of hydrogen-bond donors (Lipinski definition) is 2. The Balaban J connectivity index is 0.000000221. The number of carbonyl (C=O) groups is 3. The first-order valence-corrected chi connectivity index (χ1v) is 21.7. The lowest BCUT2D eigenvalue weighted by Crippen LogP contribution is -2.30. The molecule has 2 atom stereocenters. The van der Waals surface area contributed by atoms with Crippen molar-refractivity contribution < 1.29 is 49.5 Å². The lowest BCUT2D eigenvalue weighted by atomic mass is 9.83. The van der Waals surface area contributed by atoms with Gasteiger partial charge in [-0.25, -0.2) is 30.4 Å². The number of hydrogen-bond acceptors (Lipinski definition) is 11. The molecule has 11 nitrogen and oxygen atoms in total. The van der Waals surface area contributed by atoms with Gasteiger partial charge in [0.05, 0.1) is 39.3 Å². The van der Waals surface area contributed by atoms with Gasteiger partial charge in [0.2, 0.25) is 26.0 Å². The molecular formula is C42H48F2N2O9S2. The molecule has 0 spiro atoms. The molecular weight excluding hydrogens is 779 g/mol. The Bertz CT molecular complexity index is 2250. The van der Waals surface area contributed by atoms with Crippen LogP contribution in [0.25, 0.3) is 0 Å². The van der Waals surface area contributed by atoms with Crippen molar-refractivity contribution >= 4 is 37.9 Å². The second-order valence-electron chi connectivity index (χ2n) is 13.4. The molecule has 15 heteroatoms. The number of esters is 2. The van der Waals surface area contributed by atoms with Gasteiger partial charge in [-0.1, -0.05) is 24.3 Å². The first-order chi connectivity index (χ1) is 27.2. The van der Waals surface area contributed by atoms with Gasteiger partial charge in [0.25, 0.3) is 0 Å². The second kappa shape index (κ2) is 21.1. The van der Waals surface area contributed by atoms with E-state index in [-0.39, 0.29) is 50.9 Å². The molecule has 0 unspecified atom stereocenters. The summed E-state index contributed by atoms with van der Waals surface area (Å²) in [6.07, 6.45) is 5.77. The van der Waals surface area contributed by atoms with Crippen molar-refractivity contribution in [2.75, 3.05) is 32.8 Å². The Morgan fingerprint density at radius 2 is 1.19 bits per heavy atom. The Morgan fingerprint density at radius 1 is 0.719 bits per heavy atom. The van der Waals surface area contributed by atoms with Crippen molar-refractivity contribution in [3.05, 3.63) is 119 Å². The van der Waals surface area contributed by atoms with Gasteiger partial charge in [-0.3, -0.25) is 9.59 Å². The molecule has 306 valence electrons. The summed E-state index contributed by atoms with van der Waals surface area (Å²) < 4.78 is 86.8. The third-order valence-corrected chi connectivity index (χ3v) is 13.1. The van der Waals surface area contributed by atoms with E-state index in [0.29, 0.717) is 25.6 Å². The molecule has 0 aromatic heterocycles. The van der Waals surface area contributed by atoms with Crippen LogP contribution in [-0.2, 0) is 56.4 Å². The van der Waals surface area contributed by atoms with Gasteiger partial charge in [-0.15, -0.1) is 0 Å². The Morgan fingerprint density at radius 3 is 1.63 bits per heavy atom. The standard InChI is InChI=1S/C21H24FNO4S.C17H18FNO2S.C4H6O3/c1-2-27-21(24)14-23-13-16-6-3-5-15-11-19(9-10-20(15)16)28(25,26)18-8-4-7-17(22)12-18;18-14-5-2-6-15(10-14)22(20,21)16-7-8-17-12(9-16)3-1-4-13(17)11-19;1-2-7-4(6)3-5/h4,7-12,16,23H,2-3,5-6,13-14H2,1H3;2,5-10,13H,1,3-4,11,19H2;3H,2H2,1H3/t16-;13-;/m00./s1. The monoisotopic (exact) mass is 826 g/mol. The number of carbonyl (C=O) groups excluding carboxylic acids is 3. The molecule has 0 aliphatic heterocycles. The first kappa shape index (κ1) is 44.9. The first-order valence-electron chi connectivity index (χ1n) is 18.7. The van der Waals surface area contributed by atoms with Crippen LogP contribution in [0.2, 0.25) is 0 Å². The molecule has 0 fully saturated rings. The van der Waals surface area contributed by atoms with Crippen molar-refractivity contribution in [1.82, 2.24) is 5.32 Å². The number of benzene rings is 4. The number of halogens is 2. The molecule has 0 saturated heterocycles. The number of fused-ring (bicyclic) bond motifs is 2. The molecule has 2 aliphatic carbocycles. The minimum absolute atomic E-state index is 0.0152. The van der Waals surface area contributed by atoms with Crippen molar-refractivity contribution in [2.24, 2.45) is 5.73 Å². The Hall–Kier alpha value is -4.83. The molecule has 0 amide bonds. The van der Waals surface area contributed by atoms with E-state index >= 15 is 0 Å². The number of nitrogens with two attached hydrogens (primary N) is 1. The molecule has 57 heavy (non-hydrogen) atoms. The number of ether oxygens (including phenoxy) is 2. The maximum absolute atomic E-state index is 13.5. The summed E-state index contributed by atoms with van der Waals surface area (Å²) in [5.74, 6) is -1.70. The summed E-state index contributed by atoms with van der Waals surface area (Å²) >= 11 is 0. The molecule has 3 N–H and O–H groups in total. The molecule has 0 saturated carbocycles. The second-order valence-corrected chi connectivity index (χ2v) is 17.3. The summed E-state index contributed by atoms with van der Waals surface area (Å²) in [5.41, 5.74) is 10.1. The smallest absolute Gasteiger partial charge is 0.371 e. The average Bonchev–Trinajstić information content (AvgIpc) is 3.21. The highest BCUT2D eigenvalue weighted by molar-refractivity contribution is 7.91. The summed E-state index contributed by atoms with van der Waals surface area (Å²) in [4.78, 5) is 31.0. The average molecular weight is 827 g/mol. The highest BCUT2D eigenvalue weighted by atomic mass is 32.2. The number of nitrogens with one attached hydrogen (secondary N) is 1. The lowest BCUT2D eigenvalue weighted by Gasteiger charge is -2.26. The topological polar surface area (TPSA) is 176 Å². The van der Waals surface area contributed by atoms with Crippen LogP contribution < -0.4 is 11.1 Å². The summed E-state index contributed by atoms with van der Waals surface area (Å²) in [7, 11) is -7.45. The van der Waals surface area contributed by atoms with E-state index in [1.54, 1.807) is 38.1 Å². The SMILES string of the molecule is CCOC(=O)C=O.CCOC(=O)CNC[C@@H]1CCCc2cc(S(=O)(=O)c3cccc(F)c3)ccc21.NC[C@@H]1CCCc2cc(S(=O)(=O)c3cccc(F)c3)ccc21. The zero-order valence-electron chi connectivity index (χ0n) is 31.9. The zero-order valence-corrected chi connectivity index (χ0v) is 33.6. The van der Waals surface area contributed by atoms with Crippen LogP contribution >= 0.6 is 0 Å². The third-order valence-electron chi connectivity index (χ3n) is 9.57. The predicted molar refractivity (Wildman–Crippen MR) is 209 cm³/mol. The van der Waals surface area contributed by atoms with Crippen LogP contribution in [0.1, 0.15) is 73.6 Å².